The molecular formula is C17H17N3O2. The van der Waals surface area contributed by atoms with Crippen LogP contribution in [0.25, 0.3) is 16.6 Å². The number of fused-ring (bicyclic) bond motifs is 1. The summed E-state index contributed by atoms with van der Waals surface area (Å²) in [6.07, 6.45) is 0. The van der Waals surface area contributed by atoms with Crippen molar-refractivity contribution in [2.45, 2.75) is 20.8 Å². The second-order valence-corrected chi connectivity index (χ2v) is 5.24. The van der Waals surface area contributed by atoms with Crippen LogP contribution in [0, 0.1) is 20.8 Å². The molecule has 3 aromatic rings. The van der Waals surface area contributed by atoms with E-state index in [2.05, 4.69) is 10.1 Å². The highest BCUT2D eigenvalue weighted by molar-refractivity contribution is 5.95. The predicted molar refractivity (Wildman–Crippen MR) is 84.4 cm³/mol. The number of ether oxygens (including phenoxy) is 1. The average Bonchev–Trinajstić information content (AvgIpc) is 2.80. The molecule has 22 heavy (non-hydrogen) atoms. The standard InChI is InChI=1S/C17H17N3O2/c1-10-11(2)19-20(12(10)3)16-9-15(17(21)22-4)18-14-8-6-5-7-13(14)16/h5-9H,1-4H3. The fourth-order valence-electron chi connectivity index (χ4n) is 2.50. The Kier molecular flexibility index (Phi) is 3.41. The Morgan fingerprint density at radius 1 is 1.18 bits per heavy atom. The van der Waals surface area contributed by atoms with Crippen molar-refractivity contribution in [1.29, 1.82) is 0 Å². The average molecular weight is 295 g/mol. The summed E-state index contributed by atoms with van der Waals surface area (Å²) in [4.78, 5) is 16.3. The number of hydrogen-bond acceptors (Lipinski definition) is 4. The van der Waals surface area contributed by atoms with Gasteiger partial charge in [0.25, 0.3) is 0 Å². The summed E-state index contributed by atoms with van der Waals surface area (Å²) in [7, 11) is 1.35. The number of aromatic nitrogens is 3. The lowest BCUT2D eigenvalue weighted by molar-refractivity contribution is 0.0594. The van der Waals surface area contributed by atoms with Crippen LogP contribution in [0.5, 0.6) is 0 Å². The summed E-state index contributed by atoms with van der Waals surface area (Å²) in [5.74, 6) is -0.453. The first kappa shape index (κ1) is 14.3. The molecule has 0 N–H and O–H groups in total. The van der Waals surface area contributed by atoms with Crippen molar-refractivity contribution >= 4 is 16.9 Å². The molecule has 0 bridgehead atoms. The van der Waals surface area contributed by atoms with Crippen molar-refractivity contribution in [3.8, 4) is 5.69 Å². The fourth-order valence-corrected chi connectivity index (χ4v) is 2.50. The van der Waals surface area contributed by atoms with E-state index in [0.717, 1.165) is 33.5 Å². The molecule has 0 saturated carbocycles. The maximum atomic E-state index is 11.9. The minimum atomic E-state index is -0.453. The van der Waals surface area contributed by atoms with E-state index in [0.29, 0.717) is 0 Å². The van der Waals surface area contributed by atoms with Crippen molar-refractivity contribution in [1.82, 2.24) is 14.8 Å². The Morgan fingerprint density at radius 2 is 1.91 bits per heavy atom. The van der Waals surface area contributed by atoms with Gasteiger partial charge in [-0.05, 0) is 38.5 Å². The van der Waals surface area contributed by atoms with Gasteiger partial charge < -0.3 is 4.74 Å². The summed E-state index contributed by atoms with van der Waals surface area (Å²) < 4.78 is 6.67. The van der Waals surface area contributed by atoms with Gasteiger partial charge in [-0.3, -0.25) is 0 Å². The number of carbonyl (C=O) groups excluding carboxylic acids is 1. The molecule has 5 nitrogen and oxygen atoms in total. The van der Waals surface area contributed by atoms with E-state index in [1.807, 2.05) is 49.7 Å². The van der Waals surface area contributed by atoms with Crippen LogP contribution >= 0.6 is 0 Å². The molecule has 112 valence electrons. The number of carbonyl (C=O) groups is 1. The summed E-state index contributed by atoms with van der Waals surface area (Å²) in [6, 6.07) is 9.43. The molecule has 0 radical (unpaired) electrons. The van der Waals surface area contributed by atoms with Crippen LogP contribution in [-0.4, -0.2) is 27.8 Å². The molecule has 0 atom stereocenters. The Hall–Kier alpha value is -2.69. The smallest absolute Gasteiger partial charge is 0.356 e. The number of nitrogens with zero attached hydrogens (tertiary/aromatic N) is 3. The third-order valence-electron chi connectivity index (χ3n) is 3.97. The highest BCUT2D eigenvalue weighted by Crippen LogP contribution is 2.25. The predicted octanol–water partition coefficient (Wildman–Crippen LogP) is 3.13. The number of aryl methyl sites for hydroxylation is 1. The lowest BCUT2D eigenvalue weighted by atomic mass is 10.1. The molecule has 1 aromatic carbocycles. The molecule has 5 heteroatoms. The molecule has 0 unspecified atom stereocenters. The van der Waals surface area contributed by atoms with Gasteiger partial charge in [-0.2, -0.15) is 5.10 Å². The van der Waals surface area contributed by atoms with Crippen LogP contribution in [0.4, 0.5) is 0 Å². The first-order valence-electron chi connectivity index (χ1n) is 7.04. The molecule has 2 heterocycles. The second-order valence-electron chi connectivity index (χ2n) is 5.24. The maximum absolute atomic E-state index is 11.9. The van der Waals surface area contributed by atoms with Crippen LogP contribution in [0.1, 0.15) is 27.4 Å². The Balaban J connectivity index is 2.36. The summed E-state index contributed by atoms with van der Waals surface area (Å²) in [5.41, 5.74) is 5.01. The molecule has 0 amide bonds. The lowest BCUT2D eigenvalue weighted by Gasteiger charge is -2.10. The number of para-hydroxylation sites is 1. The third-order valence-corrected chi connectivity index (χ3v) is 3.97. The highest BCUT2D eigenvalue weighted by Gasteiger charge is 2.16. The molecule has 0 spiro atoms. The van der Waals surface area contributed by atoms with E-state index >= 15 is 0 Å². The molecule has 0 fully saturated rings. The Morgan fingerprint density at radius 3 is 2.55 bits per heavy atom. The van der Waals surface area contributed by atoms with E-state index in [9.17, 15) is 4.79 Å². The van der Waals surface area contributed by atoms with E-state index in [1.54, 1.807) is 6.07 Å². The maximum Gasteiger partial charge on any atom is 0.356 e. The minimum Gasteiger partial charge on any atom is -0.464 e. The molecule has 0 aliphatic heterocycles. The molecular weight excluding hydrogens is 278 g/mol. The van der Waals surface area contributed by atoms with Crippen LogP contribution in [0.3, 0.4) is 0 Å². The minimum absolute atomic E-state index is 0.279. The van der Waals surface area contributed by atoms with Gasteiger partial charge in [-0.25, -0.2) is 14.5 Å². The molecule has 0 aliphatic rings. The van der Waals surface area contributed by atoms with Crippen LogP contribution in [-0.2, 0) is 4.74 Å². The Labute approximate surface area is 128 Å². The molecule has 3 rings (SSSR count). The molecule has 0 saturated heterocycles. The van der Waals surface area contributed by atoms with Crippen LogP contribution in [0.2, 0.25) is 0 Å². The number of pyridine rings is 1. The van der Waals surface area contributed by atoms with E-state index in [1.165, 1.54) is 7.11 Å². The first-order chi connectivity index (χ1) is 10.5. The van der Waals surface area contributed by atoms with Crippen molar-refractivity contribution < 1.29 is 9.53 Å². The van der Waals surface area contributed by atoms with E-state index in [4.69, 9.17) is 4.74 Å². The van der Waals surface area contributed by atoms with Crippen LogP contribution < -0.4 is 0 Å². The van der Waals surface area contributed by atoms with E-state index in [-0.39, 0.29) is 5.69 Å². The molecule has 2 aromatic heterocycles. The van der Waals surface area contributed by atoms with E-state index < -0.39 is 5.97 Å². The van der Waals surface area contributed by atoms with Gasteiger partial charge in [-0.1, -0.05) is 18.2 Å². The van der Waals surface area contributed by atoms with Crippen LogP contribution in [0.15, 0.2) is 30.3 Å². The van der Waals surface area contributed by atoms with Gasteiger partial charge in [0.15, 0.2) is 5.69 Å². The lowest BCUT2D eigenvalue weighted by Crippen LogP contribution is -2.08. The number of hydrogen-bond donors (Lipinski definition) is 0. The zero-order chi connectivity index (χ0) is 15.9. The van der Waals surface area contributed by atoms with Gasteiger partial charge in [0.1, 0.15) is 0 Å². The normalized spacial score (nSPS) is 10.9. The second kappa shape index (κ2) is 5.26. The summed E-state index contributed by atoms with van der Waals surface area (Å²) in [6.45, 7) is 6.03. The topological polar surface area (TPSA) is 57.0 Å². The number of esters is 1. The number of rotatable bonds is 2. The largest absolute Gasteiger partial charge is 0.464 e. The zero-order valence-corrected chi connectivity index (χ0v) is 13.0. The zero-order valence-electron chi connectivity index (χ0n) is 13.0. The van der Waals surface area contributed by atoms with Gasteiger partial charge in [0.2, 0.25) is 0 Å². The number of benzene rings is 1. The van der Waals surface area contributed by atoms with Gasteiger partial charge >= 0.3 is 5.97 Å². The quantitative estimate of drug-likeness (QED) is 0.682. The Bertz CT molecular complexity index is 881. The van der Waals surface area contributed by atoms with Crippen molar-refractivity contribution in [2.75, 3.05) is 7.11 Å². The van der Waals surface area contributed by atoms with Gasteiger partial charge in [-0.15, -0.1) is 0 Å². The SMILES string of the molecule is COC(=O)c1cc(-n2nc(C)c(C)c2C)c2ccccc2n1. The van der Waals surface area contributed by atoms with Crippen molar-refractivity contribution in [3.63, 3.8) is 0 Å². The van der Waals surface area contributed by atoms with Crippen molar-refractivity contribution in [2.24, 2.45) is 0 Å². The molecule has 0 aliphatic carbocycles. The summed E-state index contributed by atoms with van der Waals surface area (Å²) >= 11 is 0. The van der Waals surface area contributed by atoms with Crippen molar-refractivity contribution in [3.05, 3.63) is 53.0 Å². The first-order valence-corrected chi connectivity index (χ1v) is 7.04. The third kappa shape index (κ3) is 2.15. The summed E-state index contributed by atoms with van der Waals surface area (Å²) in [5, 5.41) is 5.54. The fraction of sp³-hybridized carbons (Fsp3) is 0.235. The monoisotopic (exact) mass is 295 g/mol. The number of methoxy groups -OCH3 is 1. The van der Waals surface area contributed by atoms with Gasteiger partial charge in [0.05, 0.1) is 24.0 Å². The highest BCUT2D eigenvalue weighted by atomic mass is 16.5. The van der Waals surface area contributed by atoms with Gasteiger partial charge in [0, 0.05) is 11.1 Å².